The van der Waals surface area contributed by atoms with E-state index in [4.69, 9.17) is 10.5 Å². The molecule has 2 fully saturated rings. The highest BCUT2D eigenvalue weighted by Crippen LogP contribution is 2.31. The van der Waals surface area contributed by atoms with E-state index in [0.29, 0.717) is 23.3 Å². The molecule has 1 saturated heterocycles. The molecule has 2 N–H and O–H groups in total. The Hall–Kier alpha value is -1.92. The zero-order chi connectivity index (χ0) is 18.0. The standard InChI is InChI=1S/C19H27N3O3/c1-21(19(24)14-8-6-13(7-9-14)18(20)23)16-4-3-5-17(16)22-11-10-15(12-22)25-2/h6-9,15-17H,3-5,10-12H2,1-2H3,(H2,20,23)/t15?,16-,17+/m1/s1. The molecule has 3 atom stereocenters. The Morgan fingerprint density at radius 1 is 1.16 bits per heavy atom. The third-order valence-electron chi connectivity index (χ3n) is 5.66. The molecular weight excluding hydrogens is 318 g/mol. The SMILES string of the molecule is COC1CCN([C@H]2CCC[C@H]2N(C)C(=O)c2ccc(C(N)=O)cc2)C1. The van der Waals surface area contributed by atoms with Crippen molar-refractivity contribution >= 4 is 11.8 Å². The average molecular weight is 345 g/mol. The molecule has 6 heteroatoms. The van der Waals surface area contributed by atoms with Gasteiger partial charge in [-0.1, -0.05) is 0 Å². The van der Waals surface area contributed by atoms with Gasteiger partial charge >= 0.3 is 0 Å². The van der Waals surface area contributed by atoms with Crippen LogP contribution in [0.2, 0.25) is 0 Å². The van der Waals surface area contributed by atoms with Crippen molar-refractivity contribution < 1.29 is 14.3 Å². The second-order valence-electron chi connectivity index (χ2n) is 7.06. The fraction of sp³-hybridized carbons (Fsp3) is 0.579. The molecule has 2 amide bonds. The monoisotopic (exact) mass is 345 g/mol. The zero-order valence-corrected chi connectivity index (χ0v) is 15.0. The Kier molecular flexibility index (Phi) is 5.39. The zero-order valence-electron chi connectivity index (χ0n) is 15.0. The van der Waals surface area contributed by atoms with E-state index >= 15 is 0 Å². The smallest absolute Gasteiger partial charge is 0.253 e. The van der Waals surface area contributed by atoms with Gasteiger partial charge in [0.1, 0.15) is 0 Å². The van der Waals surface area contributed by atoms with Crippen LogP contribution in [0.5, 0.6) is 0 Å². The summed E-state index contributed by atoms with van der Waals surface area (Å²) >= 11 is 0. The molecule has 2 aliphatic rings. The Balaban J connectivity index is 1.69. The topological polar surface area (TPSA) is 75.9 Å². The summed E-state index contributed by atoms with van der Waals surface area (Å²) in [5.74, 6) is -0.486. The molecule has 1 unspecified atom stereocenters. The summed E-state index contributed by atoms with van der Waals surface area (Å²) in [5, 5.41) is 0. The van der Waals surface area contributed by atoms with E-state index in [-0.39, 0.29) is 11.9 Å². The van der Waals surface area contributed by atoms with Gasteiger partial charge < -0.3 is 15.4 Å². The summed E-state index contributed by atoms with van der Waals surface area (Å²) in [5.41, 5.74) is 6.27. The maximum absolute atomic E-state index is 12.9. The van der Waals surface area contributed by atoms with Crippen molar-refractivity contribution in [2.24, 2.45) is 5.73 Å². The molecule has 25 heavy (non-hydrogen) atoms. The number of nitrogens with zero attached hydrogens (tertiary/aromatic N) is 2. The van der Waals surface area contributed by atoms with Crippen molar-refractivity contribution in [3.63, 3.8) is 0 Å². The number of amides is 2. The predicted molar refractivity (Wildman–Crippen MR) is 95.5 cm³/mol. The van der Waals surface area contributed by atoms with Crippen molar-refractivity contribution in [3.05, 3.63) is 35.4 Å². The van der Waals surface area contributed by atoms with Crippen LogP contribution in [0.1, 0.15) is 46.4 Å². The molecular formula is C19H27N3O3. The summed E-state index contributed by atoms with van der Waals surface area (Å²) < 4.78 is 5.48. The molecule has 1 aliphatic carbocycles. The Labute approximate surface area is 148 Å². The van der Waals surface area contributed by atoms with Crippen LogP contribution in [0.4, 0.5) is 0 Å². The number of hydrogen-bond donors (Lipinski definition) is 1. The summed E-state index contributed by atoms with van der Waals surface area (Å²) in [4.78, 5) is 28.4. The quantitative estimate of drug-likeness (QED) is 0.877. The number of hydrogen-bond acceptors (Lipinski definition) is 4. The van der Waals surface area contributed by atoms with Crippen molar-refractivity contribution in [2.45, 2.75) is 43.9 Å². The van der Waals surface area contributed by atoms with Crippen LogP contribution in [-0.4, -0.2) is 67.0 Å². The molecule has 0 radical (unpaired) electrons. The summed E-state index contributed by atoms with van der Waals surface area (Å²) in [6, 6.07) is 7.20. The lowest BCUT2D eigenvalue weighted by Gasteiger charge is -2.35. The van der Waals surface area contributed by atoms with Crippen molar-refractivity contribution in [2.75, 3.05) is 27.2 Å². The molecule has 1 saturated carbocycles. The molecule has 1 heterocycles. The third kappa shape index (κ3) is 3.70. The molecule has 1 aromatic rings. The average Bonchev–Trinajstić information content (AvgIpc) is 3.29. The van der Waals surface area contributed by atoms with Gasteiger partial charge in [0.05, 0.1) is 6.10 Å². The largest absolute Gasteiger partial charge is 0.380 e. The second-order valence-corrected chi connectivity index (χ2v) is 7.06. The lowest BCUT2D eigenvalue weighted by Crippen LogP contribution is -2.49. The number of likely N-dealkylation sites (N-methyl/N-ethyl adjacent to an activating group) is 1. The predicted octanol–water partition coefficient (Wildman–Crippen LogP) is 1.50. The van der Waals surface area contributed by atoms with Crippen molar-refractivity contribution in [3.8, 4) is 0 Å². The molecule has 136 valence electrons. The number of rotatable bonds is 5. The summed E-state index contributed by atoms with van der Waals surface area (Å²) in [6.07, 6.45) is 4.66. The first kappa shape index (κ1) is 17.9. The van der Waals surface area contributed by atoms with Gasteiger partial charge in [0.25, 0.3) is 5.91 Å². The fourth-order valence-corrected chi connectivity index (χ4v) is 4.18. The van der Waals surface area contributed by atoms with Crippen LogP contribution in [0, 0.1) is 0 Å². The molecule has 1 aromatic carbocycles. The minimum atomic E-state index is -0.482. The first-order chi connectivity index (χ1) is 12.0. The van der Waals surface area contributed by atoms with E-state index in [9.17, 15) is 9.59 Å². The van der Waals surface area contributed by atoms with Gasteiger partial charge in [-0.15, -0.1) is 0 Å². The van der Waals surface area contributed by atoms with Crippen LogP contribution in [0.3, 0.4) is 0 Å². The van der Waals surface area contributed by atoms with E-state index in [1.807, 2.05) is 11.9 Å². The van der Waals surface area contributed by atoms with Gasteiger partial charge in [-0.05, 0) is 49.9 Å². The van der Waals surface area contributed by atoms with Crippen LogP contribution >= 0.6 is 0 Å². The number of primary amides is 1. The normalized spacial score (nSPS) is 26.7. The molecule has 3 rings (SSSR count). The number of ether oxygens (including phenoxy) is 1. The minimum absolute atomic E-state index is 0.00425. The number of benzene rings is 1. The first-order valence-electron chi connectivity index (χ1n) is 8.95. The van der Waals surface area contributed by atoms with Gasteiger partial charge in [-0.25, -0.2) is 0 Å². The highest BCUT2D eigenvalue weighted by atomic mass is 16.5. The summed E-state index contributed by atoms with van der Waals surface area (Å²) in [6.45, 7) is 1.99. The van der Waals surface area contributed by atoms with E-state index in [1.54, 1.807) is 31.4 Å². The highest BCUT2D eigenvalue weighted by molar-refractivity contribution is 5.97. The molecule has 0 bridgehead atoms. The van der Waals surface area contributed by atoms with Gasteiger partial charge in [0.15, 0.2) is 0 Å². The molecule has 6 nitrogen and oxygen atoms in total. The fourth-order valence-electron chi connectivity index (χ4n) is 4.18. The van der Waals surface area contributed by atoms with Crippen LogP contribution in [0.15, 0.2) is 24.3 Å². The Morgan fingerprint density at radius 3 is 2.44 bits per heavy atom. The van der Waals surface area contributed by atoms with Crippen LogP contribution in [-0.2, 0) is 4.74 Å². The second kappa shape index (κ2) is 7.54. The maximum atomic E-state index is 12.9. The van der Waals surface area contributed by atoms with Crippen molar-refractivity contribution in [1.29, 1.82) is 0 Å². The van der Waals surface area contributed by atoms with Gasteiger partial charge in [-0.3, -0.25) is 14.5 Å². The van der Waals surface area contributed by atoms with E-state index in [2.05, 4.69) is 4.90 Å². The highest BCUT2D eigenvalue weighted by Gasteiger charge is 2.39. The number of carbonyl (C=O) groups excluding carboxylic acids is 2. The van der Waals surface area contributed by atoms with Crippen LogP contribution < -0.4 is 5.73 Å². The lowest BCUT2D eigenvalue weighted by atomic mass is 10.1. The van der Waals surface area contributed by atoms with Gasteiger partial charge in [0, 0.05) is 50.5 Å². The first-order valence-corrected chi connectivity index (χ1v) is 8.95. The maximum Gasteiger partial charge on any atom is 0.253 e. The number of nitrogens with two attached hydrogens (primary N) is 1. The minimum Gasteiger partial charge on any atom is -0.380 e. The van der Waals surface area contributed by atoms with E-state index < -0.39 is 5.91 Å². The number of likely N-dealkylation sites (tertiary alicyclic amines) is 1. The lowest BCUT2D eigenvalue weighted by molar-refractivity contribution is 0.0605. The Bertz CT molecular complexity index is 631. The summed E-state index contributed by atoms with van der Waals surface area (Å²) in [7, 11) is 3.66. The third-order valence-corrected chi connectivity index (χ3v) is 5.66. The van der Waals surface area contributed by atoms with Gasteiger partial charge in [-0.2, -0.15) is 0 Å². The van der Waals surface area contributed by atoms with Gasteiger partial charge in [0.2, 0.25) is 5.91 Å². The van der Waals surface area contributed by atoms with E-state index in [1.165, 1.54) is 0 Å². The van der Waals surface area contributed by atoms with E-state index in [0.717, 1.165) is 38.8 Å². The number of carbonyl (C=O) groups is 2. The molecule has 1 aliphatic heterocycles. The van der Waals surface area contributed by atoms with Crippen LogP contribution in [0.25, 0.3) is 0 Å². The Morgan fingerprint density at radius 2 is 1.84 bits per heavy atom. The molecule has 0 aromatic heterocycles. The molecule has 0 spiro atoms. The number of methoxy groups -OCH3 is 1. The van der Waals surface area contributed by atoms with Crippen molar-refractivity contribution in [1.82, 2.24) is 9.80 Å².